The van der Waals surface area contributed by atoms with Crippen molar-refractivity contribution in [3.05, 3.63) is 0 Å². The first-order chi connectivity index (χ1) is 8.49. The second-order valence-corrected chi connectivity index (χ2v) is 5.24. The van der Waals surface area contributed by atoms with Crippen molar-refractivity contribution >= 4 is 24.2 Å². The first-order valence-corrected chi connectivity index (χ1v) is 6.68. The zero-order chi connectivity index (χ0) is 13.7. The minimum absolute atomic E-state index is 0. The van der Waals surface area contributed by atoms with Crippen LogP contribution in [-0.4, -0.2) is 61.4 Å². The molecular formula is C13H26ClN3O2. The van der Waals surface area contributed by atoms with Crippen molar-refractivity contribution in [3.63, 3.8) is 0 Å². The number of nitrogens with zero attached hydrogens (tertiary/aromatic N) is 2. The second-order valence-electron chi connectivity index (χ2n) is 5.24. The molecule has 1 saturated heterocycles. The van der Waals surface area contributed by atoms with Gasteiger partial charge in [-0.2, -0.15) is 0 Å². The van der Waals surface area contributed by atoms with E-state index in [1.165, 1.54) is 0 Å². The maximum absolute atomic E-state index is 12.4. The summed E-state index contributed by atoms with van der Waals surface area (Å²) in [4.78, 5) is 27.7. The van der Waals surface area contributed by atoms with Crippen LogP contribution in [0.25, 0.3) is 0 Å². The Hall–Kier alpha value is -0.810. The number of likely N-dealkylation sites (N-methyl/N-ethyl adjacent to an activating group) is 2. The van der Waals surface area contributed by atoms with Crippen molar-refractivity contribution in [2.75, 3.05) is 33.7 Å². The van der Waals surface area contributed by atoms with Gasteiger partial charge in [-0.25, -0.2) is 0 Å². The topological polar surface area (TPSA) is 52.7 Å². The fourth-order valence-electron chi connectivity index (χ4n) is 2.36. The molecule has 0 aromatic heterocycles. The Morgan fingerprint density at radius 2 is 2.11 bits per heavy atom. The first kappa shape index (κ1) is 18.2. The fourth-order valence-corrected chi connectivity index (χ4v) is 2.36. The molecule has 0 saturated carbocycles. The molecule has 19 heavy (non-hydrogen) atoms. The van der Waals surface area contributed by atoms with Gasteiger partial charge < -0.3 is 15.1 Å². The minimum atomic E-state index is -0.304. The van der Waals surface area contributed by atoms with Crippen LogP contribution in [0.2, 0.25) is 0 Å². The number of hydrogen-bond donors (Lipinski definition) is 1. The molecule has 0 aromatic rings. The maximum atomic E-state index is 12.4. The van der Waals surface area contributed by atoms with E-state index in [9.17, 15) is 9.59 Å². The third-order valence-corrected chi connectivity index (χ3v) is 3.40. The van der Waals surface area contributed by atoms with Crippen LogP contribution in [0.5, 0.6) is 0 Å². The van der Waals surface area contributed by atoms with Gasteiger partial charge in [-0.15, -0.1) is 12.4 Å². The van der Waals surface area contributed by atoms with Gasteiger partial charge in [0.05, 0.1) is 0 Å². The molecule has 1 aliphatic heterocycles. The van der Waals surface area contributed by atoms with Gasteiger partial charge in [0.25, 0.3) is 0 Å². The Kier molecular flexibility index (Phi) is 8.02. The van der Waals surface area contributed by atoms with E-state index < -0.39 is 0 Å². The zero-order valence-corrected chi connectivity index (χ0v) is 13.1. The predicted molar refractivity (Wildman–Crippen MR) is 78.4 cm³/mol. The van der Waals surface area contributed by atoms with E-state index >= 15 is 0 Å². The molecule has 6 heteroatoms. The standard InChI is InChI=1S/C13H25N3O2.ClH/c1-10(2)12(16-8-5-6-11(16)17)13(18)15(4)9-7-14-3;/h10,12,14H,5-9H2,1-4H3;1H. The van der Waals surface area contributed by atoms with Gasteiger partial charge in [-0.05, 0) is 19.4 Å². The van der Waals surface area contributed by atoms with Gasteiger partial charge in [-0.1, -0.05) is 13.8 Å². The lowest BCUT2D eigenvalue weighted by Crippen LogP contribution is -2.51. The van der Waals surface area contributed by atoms with Gasteiger partial charge in [0.15, 0.2) is 0 Å². The molecule has 1 rings (SSSR count). The summed E-state index contributed by atoms with van der Waals surface area (Å²) < 4.78 is 0. The van der Waals surface area contributed by atoms with Gasteiger partial charge in [0.2, 0.25) is 11.8 Å². The van der Waals surface area contributed by atoms with Gasteiger partial charge in [-0.3, -0.25) is 9.59 Å². The number of halogens is 1. The molecule has 0 spiro atoms. The molecule has 1 N–H and O–H groups in total. The summed E-state index contributed by atoms with van der Waals surface area (Å²) in [5, 5.41) is 3.03. The molecule has 5 nitrogen and oxygen atoms in total. The predicted octanol–water partition coefficient (Wildman–Crippen LogP) is 0.733. The average Bonchev–Trinajstić information content (AvgIpc) is 2.72. The number of amides is 2. The molecule has 1 fully saturated rings. The maximum Gasteiger partial charge on any atom is 0.245 e. The first-order valence-electron chi connectivity index (χ1n) is 6.68. The van der Waals surface area contributed by atoms with Crippen molar-refractivity contribution in [1.29, 1.82) is 0 Å². The Bertz CT molecular complexity index is 310. The average molecular weight is 292 g/mol. The molecule has 0 bridgehead atoms. The molecule has 1 atom stereocenters. The van der Waals surface area contributed by atoms with E-state index in [4.69, 9.17) is 0 Å². The third-order valence-electron chi connectivity index (χ3n) is 3.40. The van der Waals surface area contributed by atoms with Crippen molar-refractivity contribution in [2.24, 2.45) is 5.92 Å². The van der Waals surface area contributed by atoms with Crippen molar-refractivity contribution in [2.45, 2.75) is 32.7 Å². The largest absolute Gasteiger partial charge is 0.343 e. The molecule has 2 amide bonds. The van der Waals surface area contributed by atoms with Crippen LogP contribution in [0.4, 0.5) is 0 Å². The lowest BCUT2D eigenvalue weighted by molar-refractivity contribution is -0.144. The number of hydrogen-bond acceptors (Lipinski definition) is 3. The SMILES string of the molecule is CNCCN(C)C(=O)C(C(C)C)N1CCCC1=O.Cl. The van der Waals surface area contributed by atoms with Crippen LogP contribution >= 0.6 is 12.4 Å². The van der Waals surface area contributed by atoms with Crippen LogP contribution in [0.3, 0.4) is 0 Å². The fraction of sp³-hybridized carbons (Fsp3) is 0.846. The van der Waals surface area contributed by atoms with Crippen LogP contribution in [0.15, 0.2) is 0 Å². The summed E-state index contributed by atoms with van der Waals surface area (Å²) in [5.41, 5.74) is 0. The van der Waals surface area contributed by atoms with Crippen LogP contribution in [-0.2, 0) is 9.59 Å². The number of nitrogens with one attached hydrogen (secondary N) is 1. The van der Waals surface area contributed by atoms with E-state index in [-0.39, 0.29) is 36.2 Å². The van der Waals surface area contributed by atoms with Crippen LogP contribution in [0.1, 0.15) is 26.7 Å². The van der Waals surface area contributed by atoms with Crippen LogP contribution < -0.4 is 5.32 Å². The van der Waals surface area contributed by atoms with E-state index in [1.807, 2.05) is 20.9 Å². The third kappa shape index (κ3) is 4.66. The molecule has 1 aliphatic rings. The Labute approximate surface area is 122 Å². The highest BCUT2D eigenvalue weighted by molar-refractivity contribution is 5.88. The summed E-state index contributed by atoms with van der Waals surface area (Å²) in [6.45, 7) is 6.15. The minimum Gasteiger partial charge on any atom is -0.343 e. The molecule has 1 heterocycles. The summed E-state index contributed by atoms with van der Waals surface area (Å²) in [5.74, 6) is 0.316. The smallest absolute Gasteiger partial charge is 0.245 e. The normalized spacial score (nSPS) is 16.5. The highest BCUT2D eigenvalue weighted by Crippen LogP contribution is 2.20. The number of carbonyl (C=O) groups is 2. The molecular weight excluding hydrogens is 266 g/mol. The lowest BCUT2D eigenvalue weighted by atomic mass is 10.0. The number of rotatable bonds is 6. The van der Waals surface area contributed by atoms with Gasteiger partial charge in [0.1, 0.15) is 6.04 Å². The van der Waals surface area contributed by atoms with Crippen molar-refractivity contribution in [1.82, 2.24) is 15.1 Å². The van der Waals surface area contributed by atoms with Crippen molar-refractivity contribution in [3.8, 4) is 0 Å². The van der Waals surface area contributed by atoms with Gasteiger partial charge >= 0.3 is 0 Å². The Morgan fingerprint density at radius 3 is 2.53 bits per heavy atom. The number of likely N-dealkylation sites (tertiary alicyclic amines) is 1. The number of carbonyl (C=O) groups excluding carboxylic acids is 2. The van der Waals surface area contributed by atoms with E-state index in [0.29, 0.717) is 19.5 Å². The van der Waals surface area contributed by atoms with Gasteiger partial charge in [0, 0.05) is 33.1 Å². The summed E-state index contributed by atoms with van der Waals surface area (Å²) in [6.07, 6.45) is 1.45. The zero-order valence-electron chi connectivity index (χ0n) is 12.3. The quantitative estimate of drug-likeness (QED) is 0.785. The molecule has 0 aliphatic carbocycles. The molecule has 0 aromatic carbocycles. The second kappa shape index (κ2) is 8.38. The molecule has 1 unspecified atom stereocenters. The molecule has 112 valence electrons. The molecule has 0 radical (unpaired) electrons. The van der Waals surface area contributed by atoms with E-state index in [1.54, 1.807) is 16.8 Å². The summed E-state index contributed by atoms with van der Waals surface area (Å²) in [6, 6.07) is -0.304. The van der Waals surface area contributed by atoms with Crippen molar-refractivity contribution < 1.29 is 9.59 Å². The Balaban J connectivity index is 0.00000324. The van der Waals surface area contributed by atoms with E-state index in [0.717, 1.165) is 13.0 Å². The summed E-state index contributed by atoms with van der Waals surface area (Å²) in [7, 11) is 3.66. The Morgan fingerprint density at radius 1 is 1.47 bits per heavy atom. The van der Waals surface area contributed by atoms with Crippen LogP contribution in [0, 0.1) is 5.92 Å². The van der Waals surface area contributed by atoms with E-state index in [2.05, 4.69) is 5.32 Å². The highest BCUT2D eigenvalue weighted by Gasteiger charge is 2.36. The highest BCUT2D eigenvalue weighted by atomic mass is 35.5. The summed E-state index contributed by atoms with van der Waals surface area (Å²) >= 11 is 0. The lowest BCUT2D eigenvalue weighted by Gasteiger charge is -2.33. The monoisotopic (exact) mass is 291 g/mol.